The summed E-state index contributed by atoms with van der Waals surface area (Å²) in [5.74, 6) is 0. The molecule has 0 bridgehead atoms. The van der Waals surface area contributed by atoms with E-state index in [4.69, 9.17) is 5.26 Å². The Hall–Kier alpha value is -2.06. The van der Waals surface area contributed by atoms with E-state index in [2.05, 4.69) is 50.0 Å². The summed E-state index contributed by atoms with van der Waals surface area (Å²) in [6.07, 6.45) is 2.06. The zero-order chi connectivity index (χ0) is 13.6. The summed E-state index contributed by atoms with van der Waals surface area (Å²) in [7, 11) is 3.87. The highest BCUT2D eigenvalue weighted by molar-refractivity contribution is 9.10. The standard InChI is InChI=1S/C14H11BrN4/c1-18-8-10(9-5-3-4-6-12(9)18)14-13(15)11(7-16)17-19(14)2/h3-6,8H,1-2H3. The van der Waals surface area contributed by atoms with Crippen LogP contribution in [0.5, 0.6) is 0 Å². The van der Waals surface area contributed by atoms with E-state index in [1.165, 1.54) is 0 Å². The minimum Gasteiger partial charge on any atom is -0.350 e. The molecule has 0 amide bonds. The van der Waals surface area contributed by atoms with E-state index >= 15 is 0 Å². The van der Waals surface area contributed by atoms with Crippen LogP contribution in [-0.4, -0.2) is 14.3 Å². The molecule has 0 aliphatic rings. The highest BCUT2D eigenvalue weighted by atomic mass is 79.9. The topological polar surface area (TPSA) is 46.5 Å². The molecule has 0 spiro atoms. The molecule has 3 aromatic rings. The lowest BCUT2D eigenvalue weighted by molar-refractivity contribution is 0.771. The number of halogens is 1. The van der Waals surface area contributed by atoms with Gasteiger partial charge in [-0.2, -0.15) is 10.4 Å². The van der Waals surface area contributed by atoms with Crippen LogP contribution >= 0.6 is 15.9 Å². The Bertz CT molecular complexity index is 820. The predicted octanol–water partition coefficient (Wildman–Crippen LogP) is 3.21. The van der Waals surface area contributed by atoms with Gasteiger partial charge < -0.3 is 4.57 Å². The van der Waals surface area contributed by atoms with Crippen LogP contribution in [0.15, 0.2) is 34.9 Å². The fraction of sp³-hybridized carbons (Fsp3) is 0.143. The summed E-state index contributed by atoms with van der Waals surface area (Å²) in [4.78, 5) is 0. The van der Waals surface area contributed by atoms with E-state index in [1.807, 2.05) is 26.2 Å². The third-order valence-corrected chi connectivity index (χ3v) is 4.00. The molecule has 5 heteroatoms. The molecule has 4 nitrogen and oxygen atoms in total. The molecule has 0 N–H and O–H groups in total. The van der Waals surface area contributed by atoms with Crippen molar-refractivity contribution in [2.45, 2.75) is 0 Å². The van der Waals surface area contributed by atoms with Gasteiger partial charge in [0.1, 0.15) is 6.07 Å². The van der Waals surface area contributed by atoms with Crippen molar-refractivity contribution in [1.29, 1.82) is 5.26 Å². The van der Waals surface area contributed by atoms with Crippen molar-refractivity contribution >= 4 is 26.8 Å². The van der Waals surface area contributed by atoms with Crippen LogP contribution in [-0.2, 0) is 14.1 Å². The quantitative estimate of drug-likeness (QED) is 0.692. The highest BCUT2D eigenvalue weighted by Gasteiger charge is 2.18. The van der Waals surface area contributed by atoms with Gasteiger partial charge in [0.05, 0.1) is 10.2 Å². The van der Waals surface area contributed by atoms with Crippen LogP contribution in [0.3, 0.4) is 0 Å². The molecule has 0 unspecified atom stereocenters. The normalized spacial score (nSPS) is 10.8. The van der Waals surface area contributed by atoms with Gasteiger partial charge in [-0.3, -0.25) is 4.68 Å². The van der Waals surface area contributed by atoms with Crippen molar-refractivity contribution in [2.75, 3.05) is 0 Å². The van der Waals surface area contributed by atoms with Crippen LogP contribution in [0.2, 0.25) is 0 Å². The first kappa shape index (κ1) is 12.0. The third-order valence-electron chi connectivity index (χ3n) is 3.25. The van der Waals surface area contributed by atoms with Crippen molar-refractivity contribution < 1.29 is 0 Å². The first-order chi connectivity index (χ1) is 9.13. The monoisotopic (exact) mass is 314 g/mol. The van der Waals surface area contributed by atoms with E-state index in [9.17, 15) is 0 Å². The maximum atomic E-state index is 9.06. The van der Waals surface area contributed by atoms with Gasteiger partial charge in [0.25, 0.3) is 0 Å². The average molecular weight is 315 g/mol. The third kappa shape index (κ3) is 1.68. The van der Waals surface area contributed by atoms with Crippen molar-refractivity contribution in [3.63, 3.8) is 0 Å². The van der Waals surface area contributed by atoms with Gasteiger partial charge in [0.2, 0.25) is 0 Å². The number of aromatic nitrogens is 3. The lowest BCUT2D eigenvalue weighted by atomic mass is 10.1. The zero-order valence-corrected chi connectivity index (χ0v) is 12.1. The van der Waals surface area contributed by atoms with Gasteiger partial charge >= 0.3 is 0 Å². The summed E-state index contributed by atoms with van der Waals surface area (Å²) in [6, 6.07) is 10.3. The molecule has 3 rings (SSSR count). The van der Waals surface area contributed by atoms with E-state index in [1.54, 1.807) is 4.68 Å². The van der Waals surface area contributed by atoms with Crippen LogP contribution in [0, 0.1) is 11.3 Å². The summed E-state index contributed by atoms with van der Waals surface area (Å²) in [6.45, 7) is 0. The summed E-state index contributed by atoms with van der Waals surface area (Å²) in [5.41, 5.74) is 3.56. The molecular formula is C14H11BrN4. The van der Waals surface area contributed by atoms with Gasteiger partial charge in [0, 0.05) is 36.8 Å². The minimum atomic E-state index is 0.408. The van der Waals surface area contributed by atoms with Crippen molar-refractivity contribution in [1.82, 2.24) is 14.3 Å². The van der Waals surface area contributed by atoms with Gasteiger partial charge in [-0.05, 0) is 22.0 Å². The second-order valence-corrected chi connectivity index (χ2v) is 5.21. The summed E-state index contributed by atoms with van der Waals surface area (Å²) >= 11 is 3.48. The van der Waals surface area contributed by atoms with E-state index in [0.29, 0.717) is 5.69 Å². The largest absolute Gasteiger partial charge is 0.350 e. The molecule has 1 aromatic carbocycles. The van der Waals surface area contributed by atoms with Crippen molar-refractivity contribution in [3.8, 4) is 17.3 Å². The van der Waals surface area contributed by atoms with Crippen molar-refractivity contribution in [2.24, 2.45) is 14.1 Å². The fourth-order valence-electron chi connectivity index (χ4n) is 2.39. The molecule has 19 heavy (non-hydrogen) atoms. The predicted molar refractivity (Wildman–Crippen MR) is 77.5 cm³/mol. The second kappa shape index (κ2) is 4.25. The van der Waals surface area contributed by atoms with Crippen LogP contribution in [0.4, 0.5) is 0 Å². The molecule has 0 atom stereocenters. The number of nitriles is 1. The Balaban J connectivity index is 2.38. The Kier molecular flexibility index (Phi) is 2.68. The number of nitrogens with zero attached hydrogens (tertiary/aromatic N) is 4. The number of hydrogen-bond donors (Lipinski definition) is 0. The van der Waals surface area contributed by atoms with Crippen LogP contribution < -0.4 is 0 Å². The van der Waals surface area contributed by atoms with Gasteiger partial charge in [-0.15, -0.1) is 0 Å². The fourth-order valence-corrected chi connectivity index (χ4v) is 3.03. The van der Waals surface area contributed by atoms with Gasteiger partial charge in [0.15, 0.2) is 5.69 Å². The molecule has 0 fully saturated rings. The maximum absolute atomic E-state index is 9.06. The van der Waals surface area contributed by atoms with Crippen LogP contribution in [0.1, 0.15) is 5.69 Å². The Morgan fingerprint density at radius 2 is 2.00 bits per heavy atom. The minimum absolute atomic E-state index is 0.408. The van der Waals surface area contributed by atoms with Gasteiger partial charge in [-0.1, -0.05) is 18.2 Å². The Morgan fingerprint density at radius 1 is 1.26 bits per heavy atom. The molecule has 94 valence electrons. The number of para-hydroxylation sites is 1. The highest BCUT2D eigenvalue weighted by Crippen LogP contribution is 2.35. The number of fused-ring (bicyclic) bond motifs is 1. The van der Waals surface area contributed by atoms with Gasteiger partial charge in [-0.25, -0.2) is 0 Å². The number of benzene rings is 1. The summed E-state index contributed by atoms with van der Waals surface area (Å²) < 4.78 is 4.56. The molecule has 0 saturated heterocycles. The van der Waals surface area contributed by atoms with Crippen LogP contribution in [0.25, 0.3) is 22.2 Å². The average Bonchev–Trinajstić information content (AvgIpc) is 2.88. The first-order valence-electron chi connectivity index (χ1n) is 5.80. The number of hydrogen-bond acceptors (Lipinski definition) is 2. The maximum Gasteiger partial charge on any atom is 0.177 e. The Labute approximate surface area is 119 Å². The number of aryl methyl sites for hydroxylation is 2. The SMILES string of the molecule is Cn1nc(C#N)c(Br)c1-c1cn(C)c2ccccc12. The molecule has 0 saturated carbocycles. The first-order valence-corrected chi connectivity index (χ1v) is 6.60. The van der Waals surface area contributed by atoms with E-state index in [0.717, 1.165) is 26.6 Å². The van der Waals surface area contributed by atoms with E-state index < -0.39 is 0 Å². The summed E-state index contributed by atoms with van der Waals surface area (Å²) in [5, 5.41) is 14.4. The van der Waals surface area contributed by atoms with E-state index in [-0.39, 0.29) is 0 Å². The number of rotatable bonds is 1. The molecular weight excluding hydrogens is 304 g/mol. The molecule has 0 aliphatic carbocycles. The molecule has 0 aliphatic heterocycles. The Morgan fingerprint density at radius 3 is 2.68 bits per heavy atom. The molecule has 0 radical (unpaired) electrons. The van der Waals surface area contributed by atoms with Crippen molar-refractivity contribution in [3.05, 3.63) is 40.6 Å². The second-order valence-electron chi connectivity index (χ2n) is 4.42. The molecule has 2 aromatic heterocycles. The smallest absolute Gasteiger partial charge is 0.177 e. The lowest BCUT2D eigenvalue weighted by Gasteiger charge is -2.00. The lowest BCUT2D eigenvalue weighted by Crippen LogP contribution is -1.93. The zero-order valence-electron chi connectivity index (χ0n) is 10.6. The molecule has 2 heterocycles.